The lowest BCUT2D eigenvalue weighted by Gasteiger charge is -2.21. The molecule has 6 heteroatoms. The van der Waals surface area contributed by atoms with Gasteiger partial charge in [0.05, 0.1) is 35.0 Å². The summed E-state index contributed by atoms with van der Waals surface area (Å²) in [6.45, 7) is 2.02. The van der Waals surface area contributed by atoms with Gasteiger partial charge >= 0.3 is 0 Å². The first-order chi connectivity index (χ1) is 9.63. The zero-order valence-electron chi connectivity index (χ0n) is 10.8. The summed E-state index contributed by atoms with van der Waals surface area (Å²) in [5, 5.41) is 6.53. The minimum absolute atomic E-state index is 0.0192. The molecule has 1 atom stereocenters. The molecule has 20 heavy (non-hydrogen) atoms. The lowest BCUT2D eigenvalue weighted by Crippen LogP contribution is -2.25. The van der Waals surface area contributed by atoms with Crippen molar-refractivity contribution in [2.45, 2.75) is 13.0 Å². The summed E-state index contributed by atoms with van der Waals surface area (Å²) >= 11 is 6.22. The second kappa shape index (κ2) is 5.09. The first-order valence-electron chi connectivity index (χ1n) is 6.18. The van der Waals surface area contributed by atoms with Gasteiger partial charge in [0.1, 0.15) is 5.75 Å². The monoisotopic (exact) mass is 292 g/mol. The SMILES string of the molecule is CC(Nc1cc2c(cc1Cl)NC(=O)CO2)c1ccoc1. The minimum atomic E-state index is -0.180. The van der Waals surface area contributed by atoms with Crippen LogP contribution in [0, 0.1) is 0 Å². The molecule has 0 saturated heterocycles. The van der Waals surface area contributed by atoms with Crippen LogP contribution >= 0.6 is 11.6 Å². The van der Waals surface area contributed by atoms with Crippen molar-refractivity contribution in [3.63, 3.8) is 0 Å². The Kier molecular flexibility index (Phi) is 3.28. The predicted octanol–water partition coefficient (Wildman–Crippen LogP) is 3.44. The summed E-state index contributed by atoms with van der Waals surface area (Å²) in [7, 11) is 0. The number of rotatable bonds is 3. The first-order valence-corrected chi connectivity index (χ1v) is 6.56. The molecule has 0 radical (unpaired) electrons. The number of ether oxygens (including phenoxy) is 1. The fraction of sp³-hybridized carbons (Fsp3) is 0.214. The fourth-order valence-electron chi connectivity index (χ4n) is 2.05. The van der Waals surface area contributed by atoms with E-state index in [1.54, 1.807) is 24.7 Å². The number of amides is 1. The molecule has 1 aliphatic rings. The van der Waals surface area contributed by atoms with Crippen molar-refractivity contribution in [2.75, 3.05) is 17.2 Å². The van der Waals surface area contributed by atoms with E-state index in [0.717, 1.165) is 11.3 Å². The normalized spacial score (nSPS) is 15.0. The lowest BCUT2D eigenvalue weighted by atomic mass is 10.1. The van der Waals surface area contributed by atoms with Crippen LogP contribution in [0.3, 0.4) is 0 Å². The number of hydrogen-bond donors (Lipinski definition) is 2. The maximum Gasteiger partial charge on any atom is 0.262 e. The predicted molar refractivity (Wildman–Crippen MR) is 76.3 cm³/mol. The second-order valence-corrected chi connectivity index (χ2v) is 4.99. The fourth-order valence-corrected chi connectivity index (χ4v) is 2.27. The average Bonchev–Trinajstić information content (AvgIpc) is 2.94. The van der Waals surface area contributed by atoms with Crippen molar-refractivity contribution in [3.05, 3.63) is 41.3 Å². The summed E-state index contributed by atoms with van der Waals surface area (Å²) in [4.78, 5) is 11.2. The smallest absolute Gasteiger partial charge is 0.262 e. The van der Waals surface area contributed by atoms with Crippen LogP contribution in [-0.2, 0) is 4.79 Å². The standard InChI is InChI=1S/C14H13ClN2O3/c1-8(9-2-3-19-6-9)16-11-5-13-12(4-10(11)15)17-14(18)7-20-13/h2-6,8,16H,7H2,1H3,(H,17,18). The maximum absolute atomic E-state index is 11.2. The highest BCUT2D eigenvalue weighted by Gasteiger charge is 2.19. The van der Waals surface area contributed by atoms with Crippen LogP contribution in [0.1, 0.15) is 18.5 Å². The van der Waals surface area contributed by atoms with E-state index >= 15 is 0 Å². The molecule has 0 spiro atoms. The van der Waals surface area contributed by atoms with Crippen LogP contribution in [0.2, 0.25) is 5.02 Å². The number of halogens is 1. The summed E-state index contributed by atoms with van der Waals surface area (Å²) in [6.07, 6.45) is 3.31. The van der Waals surface area contributed by atoms with Crippen molar-refractivity contribution in [1.82, 2.24) is 0 Å². The summed E-state index contributed by atoms with van der Waals surface area (Å²) in [6, 6.07) is 5.40. The van der Waals surface area contributed by atoms with Gasteiger partial charge in [0, 0.05) is 11.6 Å². The van der Waals surface area contributed by atoms with Gasteiger partial charge in [-0.2, -0.15) is 0 Å². The quantitative estimate of drug-likeness (QED) is 0.909. The number of furan rings is 1. The van der Waals surface area contributed by atoms with Crippen LogP contribution < -0.4 is 15.4 Å². The Bertz CT molecular complexity index is 640. The Balaban J connectivity index is 1.85. The summed E-state index contributed by atoms with van der Waals surface area (Å²) in [5.41, 5.74) is 2.36. The van der Waals surface area contributed by atoms with E-state index in [1.165, 1.54) is 0 Å². The number of carbonyl (C=O) groups is 1. The molecule has 1 unspecified atom stereocenters. The number of benzene rings is 1. The number of anilines is 2. The van der Waals surface area contributed by atoms with Gasteiger partial charge in [-0.15, -0.1) is 0 Å². The second-order valence-electron chi connectivity index (χ2n) is 4.59. The third-order valence-electron chi connectivity index (χ3n) is 3.12. The topological polar surface area (TPSA) is 63.5 Å². The van der Waals surface area contributed by atoms with Crippen LogP contribution in [0.4, 0.5) is 11.4 Å². The largest absolute Gasteiger partial charge is 0.482 e. The molecule has 3 rings (SSSR count). The van der Waals surface area contributed by atoms with Gasteiger partial charge in [-0.05, 0) is 19.1 Å². The summed E-state index contributed by atoms with van der Waals surface area (Å²) in [5.74, 6) is 0.428. The Morgan fingerprint density at radius 3 is 3.05 bits per heavy atom. The first kappa shape index (κ1) is 12.9. The molecule has 0 saturated carbocycles. The van der Waals surface area contributed by atoms with Crippen molar-refractivity contribution in [3.8, 4) is 5.75 Å². The van der Waals surface area contributed by atoms with E-state index < -0.39 is 0 Å². The Morgan fingerprint density at radius 2 is 2.30 bits per heavy atom. The van der Waals surface area contributed by atoms with E-state index in [9.17, 15) is 4.79 Å². The van der Waals surface area contributed by atoms with Gasteiger partial charge in [0.25, 0.3) is 5.91 Å². The maximum atomic E-state index is 11.2. The van der Waals surface area contributed by atoms with Crippen LogP contribution in [0.15, 0.2) is 35.1 Å². The Labute approximate surface area is 120 Å². The number of hydrogen-bond acceptors (Lipinski definition) is 4. The summed E-state index contributed by atoms with van der Waals surface area (Å²) < 4.78 is 10.4. The molecular formula is C14H13ClN2O3. The van der Waals surface area contributed by atoms with Gasteiger partial charge in [-0.25, -0.2) is 0 Å². The average molecular weight is 293 g/mol. The van der Waals surface area contributed by atoms with Crippen LogP contribution in [-0.4, -0.2) is 12.5 Å². The molecule has 1 aromatic carbocycles. The number of nitrogens with one attached hydrogen (secondary N) is 2. The van der Waals surface area contributed by atoms with Gasteiger partial charge in [0.2, 0.25) is 0 Å². The van der Waals surface area contributed by atoms with Crippen LogP contribution in [0.5, 0.6) is 5.75 Å². The third kappa shape index (κ3) is 2.44. The Hall–Kier alpha value is -2.14. The minimum Gasteiger partial charge on any atom is -0.482 e. The van der Waals surface area contributed by atoms with E-state index in [1.807, 2.05) is 13.0 Å². The van der Waals surface area contributed by atoms with Crippen molar-refractivity contribution >= 4 is 28.9 Å². The van der Waals surface area contributed by atoms with Crippen molar-refractivity contribution in [2.24, 2.45) is 0 Å². The lowest BCUT2D eigenvalue weighted by molar-refractivity contribution is -0.118. The molecule has 2 heterocycles. The molecule has 2 N–H and O–H groups in total. The molecular weight excluding hydrogens is 280 g/mol. The van der Waals surface area contributed by atoms with Gasteiger partial charge in [-0.3, -0.25) is 4.79 Å². The van der Waals surface area contributed by atoms with Crippen LogP contribution in [0.25, 0.3) is 0 Å². The molecule has 1 amide bonds. The van der Waals surface area contributed by atoms with Crippen molar-refractivity contribution in [1.29, 1.82) is 0 Å². The van der Waals surface area contributed by atoms with E-state index in [2.05, 4.69) is 10.6 Å². The zero-order chi connectivity index (χ0) is 14.1. The zero-order valence-corrected chi connectivity index (χ0v) is 11.5. The van der Waals surface area contributed by atoms with E-state index in [0.29, 0.717) is 16.5 Å². The van der Waals surface area contributed by atoms with Gasteiger partial charge in [0.15, 0.2) is 6.61 Å². The molecule has 0 aliphatic carbocycles. The highest BCUT2D eigenvalue weighted by molar-refractivity contribution is 6.33. The third-order valence-corrected chi connectivity index (χ3v) is 3.43. The molecule has 1 aliphatic heterocycles. The number of fused-ring (bicyclic) bond motifs is 1. The molecule has 1 aromatic heterocycles. The molecule has 2 aromatic rings. The molecule has 104 valence electrons. The molecule has 0 fully saturated rings. The van der Waals surface area contributed by atoms with Gasteiger partial charge in [-0.1, -0.05) is 11.6 Å². The Morgan fingerprint density at radius 1 is 1.45 bits per heavy atom. The van der Waals surface area contributed by atoms with E-state index in [-0.39, 0.29) is 18.6 Å². The molecule has 0 bridgehead atoms. The van der Waals surface area contributed by atoms with Crippen molar-refractivity contribution < 1.29 is 13.9 Å². The highest BCUT2D eigenvalue weighted by Crippen LogP contribution is 2.37. The number of carbonyl (C=O) groups excluding carboxylic acids is 1. The molecule has 5 nitrogen and oxygen atoms in total. The highest BCUT2D eigenvalue weighted by atomic mass is 35.5. The van der Waals surface area contributed by atoms with E-state index in [4.69, 9.17) is 20.8 Å². The van der Waals surface area contributed by atoms with Gasteiger partial charge < -0.3 is 19.8 Å².